The third-order valence-corrected chi connectivity index (χ3v) is 3.89. The summed E-state index contributed by atoms with van der Waals surface area (Å²) in [6.07, 6.45) is 3.81. The summed E-state index contributed by atoms with van der Waals surface area (Å²) in [5.41, 5.74) is 5.97. The van der Waals surface area contributed by atoms with Gasteiger partial charge in [0.15, 0.2) is 0 Å². The highest BCUT2D eigenvalue weighted by molar-refractivity contribution is 7.45. The normalized spacial score (nSPS) is 11.5. The van der Waals surface area contributed by atoms with Crippen molar-refractivity contribution in [2.24, 2.45) is 0 Å². The van der Waals surface area contributed by atoms with Gasteiger partial charge in [-0.05, 0) is 43.6 Å². The zero-order valence-electron chi connectivity index (χ0n) is 15.4. The SMILES string of the molecule is C=C=C=C(C#CC#CCOP(=O)([O-])OCCCCCCNC(C)=O)CC. The number of phosphoric acid groups is 1. The minimum absolute atomic E-state index is 0.0530. The molecule has 0 spiro atoms. The number of rotatable bonds is 11. The highest BCUT2D eigenvalue weighted by Gasteiger charge is 2.07. The Labute approximate surface area is 156 Å². The van der Waals surface area contributed by atoms with Crippen LogP contribution in [0.4, 0.5) is 0 Å². The Morgan fingerprint density at radius 3 is 2.58 bits per heavy atom. The second-order valence-electron chi connectivity index (χ2n) is 5.14. The highest BCUT2D eigenvalue weighted by Crippen LogP contribution is 2.37. The van der Waals surface area contributed by atoms with Gasteiger partial charge in [0.05, 0.1) is 12.2 Å². The van der Waals surface area contributed by atoms with Gasteiger partial charge in [-0.1, -0.05) is 37.1 Å². The molecule has 0 aliphatic heterocycles. The number of carbonyl (C=O) groups is 1. The monoisotopic (exact) mass is 378 g/mol. The quantitative estimate of drug-likeness (QED) is 0.258. The number of nitrogens with one attached hydrogen (secondary N) is 1. The van der Waals surface area contributed by atoms with Crippen molar-refractivity contribution in [2.45, 2.75) is 46.0 Å². The Morgan fingerprint density at radius 1 is 1.19 bits per heavy atom. The molecular formula is C19H25NO5P-. The predicted molar refractivity (Wildman–Crippen MR) is 98.7 cm³/mol. The molecule has 0 aliphatic carbocycles. The molecule has 26 heavy (non-hydrogen) atoms. The van der Waals surface area contributed by atoms with Crippen LogP contribution in [-0.2, 0) is 18.4 Å². The molecule has 0 saturated carbocycles. The molecule has 6 nitrogen and oxygen atoms in total. The maximum atomic E-state index is 11.5. The Hall–Kier alpha value is -2.00. The molecule has 0 rings (SSSR count). The lowest BCUT2D eigenvalue weighted by molar-refractivity contribution is -0.224. The summed E-state index contributed by atoms with van der Waals surface area (Å²) in [6, 6.07) is 0. The summed E-state index contributed by atoms with van der Waals surface area (Å²) in [5.74, 6) is 10.3. The van der Waals surface area contributed by atoms with Gasteiger partial charge in [0, 0.05) is 13.5 Å². The zero-order valence-corrected chi connectivity index (χ0v) is 16.2. The first-order valence-electron chi connectivity index (χ1n) is 8.38. The first kappa shape index (κ1) is 24.0. The predicted octanol–water partition coefficient (Wildman–Crippen LogP) is 2.47. The van der Waals surface area contributed by atoms with Crippen LogP contribution in [0.1, 0.15) is 46.0 Å². The molecule has 7 heteroatoms. The minimum Gasteiger partial charge on any atom is -0.756 e. The molecule has 0 saturated heterocycles. The molecule has 0 aromatic carbocycles. The third-order valence-electron chi connectivity index (χ3n) is 2.95. The Balaban J connectivity index is 3.93. The molecule has 0 aromatic heterocycles. The fourth-order valence-electron chi connectivity index (χ4n) is 1.67. The maximum absolute atomic E-state index is 11.5. The smallest absolute Gasteiger partial charge is 0.268 e. The van der Waals surface area contributed by atoms with E-state index in [0.717, 1.165) is 19.3 Å². The highest BCUT2D eigenvalue weighted by atomic mass is 31.2. The molecule has 1 unspecified atom stereocenters. The Morgan fingerprint density at radius 2 is 1.92 bits per heavy atom. The van der Waals surface area contributed by atoms with E-state index in [1.54, 1.807) is 0 Å². The van der Waals surface area contributed by atoms with Crippen molar-refractivity contribution in [3.63, 3.8) is 0 Å². The fraction of sp³-hybridized carbons (Fsp3) is 0.526. The number of amides is 1. The van der Waals surface area contributed by atoms with E-state index in [1.165, 1.54) is 6.92 Å². The first-order valence-corrected chi connectivity index (χ1v) is 9.84. The van der Waals surface area contributed by atoms with Crippen molar-refractivity contribution in [3.8, 4) is 23.7 Å². The molecule has 1 atom stereocenters. The first-order chi connectivity index (χ1) is 12.4. The van der Waals surface area contributed by atoms with Crippen LogP contribution in [0.15, 0.2) is 23.6 Å². The van der Waals surface area contributed by atoms with Gasteiger partial charge in [0.25, 0.3) is 7.82 Å². The van der Waals surface area contributed by atoms with Gasteiger partial charge >= 0.3 is 0 Å². The van der Waals surface area contributed by atoms with Crippen LogP contribution in [0.2, 0.25) is 0 Å². The third kappa shape index (κ3) is 15.5. The van der Waals surface area contributed by atoms with E-state index >= 15 is 0 Å². The topological polar surface area (TPSA) is 87.7 Å². The summed E-state index contributed by atoms with van der Waals surface area (Å²) < 4.78 is 20.9. The molecule has 0 bridgehead atoms. The fourth-order valence-corrected chi connectivity index (χ4v) is 2.32. The molecule has 0 aromatic rings. The average molecular weight is 378 g/mol. The van der Waals surface area contributed by atoms with Gasteiger partial charge in [-0.15, -0.1) is 0 Å². The summed E-state index contributed by atoms with van der Waals surface area (Å²) in [4.78, 5) is 22.2. The number of phosphoric ester groups is 1. The molecule has 142 valence electrons. The van der Waals surface area contributed by atoms with E-state index in [4.69, 9.17) is 4.52 Å². The molecule has 1 amide bonds. The lowest BCUT2D eigenvalue weighted by Gasteiger charge is -2.21. The summed E-state index contributed by atoms with van der Waals surface area (Å²) >= 11 is 0. The van der Waals surface area contributed by atoms with Crippen LogP contribution in [0.25, 0.3) is 0 Å². The van der Waals surface area contributed by atoms with Gasteiger partial charge in [-0.25, -0.2) is 0 Å². The van der Waals surface area contributed by atoms with E-state index < -0.39 is 7.82 Å². The summed E-state index contributed by atoms with van der Waals surface area (Å²) in [5, 5.41) is 2.70. The van der Waals surface area contributed by atoms with E-state index in [0.29, 0.717) is 25.0 Å². The van der Waals surface area contributed by atoms with Gasteiger partial charge in [0.1, 0.15) is 6.61 Å². The molecular weight excluding hydrogens is 353 g/mol. The second kappa shape index (κ2) is 15.3. The second-order valence-corrected chi connectivity index (χ2v) is 6.55. The lowest BCUT2D eigenvalue weighted by Crippen LogP contribution is -2.20. The van der Waals surface area contributed by atoms with Crippen LogP contribution in [0, 0.1) is 23.7 Å². The summed E-state index contributed by atoms with van der Waals surface area (Å²) in [7, 11) is -4.34. The van der Waals surface area contributed by atoms with E-state index in [1.807, 2.05) is 6.92 Å². The van der Waals surface area contributed by atoms with Crippen molar-refractivity contribution < 1.29 is 23.3 Å². The molecule has 0 aliphatic rings. The Bertz CT molecular complexity index is 695. The van der Waals surface area contributed by atoms with E-state index in [2.05, 4.69) is 51.6 Å². The van der Waals surface area contributed by atoms with Crippen molar-refractivity contribution in [2.75, 3.05) is 19.8 Å². The van der Waals surface area contributed by atoms with Crippen molar-refractivity contribution in [3.05, 3.63) is 23.6 Å². The van der Waals surface area contributed by atoms with Crippen molar-refractivity contribution in [1.29, 1.82) is 0 Å². The van der Waals surface area contributed by atoms with Gasteiger partial charge in [-0.3, -0.25) is 9.36 Å². The van der Waals surface area contributed by atoms with Crippen molar-refractivity contribution in [1.82, 2.24) is 5.32 Å². The van der Waals surface area contributed by atoms with Crippen LogP contribution >= 0.6 is 7.82 Å². The standard InChI is InChI=1S/C19H26NO5P/c1-4-13-19(5-2)14-9-8-12-17-25-26(22,23)24-16-11-7-6-10-15-20-18(3)21/h1,5-7,10-11,15-17H2,2-3H3,(H,20,21)(H,22,23)/p-1. The summed E-state index contributed by atoms with van der Waals surface area (Å²) in [6.45, 7) is 7.17. The number of hydrogen-bond donors (Lipinski definition) is 1. The molecule has 0 fully saturated rings. The molecule has 0 heterocycles. The van der Waals surface area contributed by atoms with Crippen LogP contribution in [0.5, 0.6) is 0 Å². The van der Waals surface area contributed by atoms with Crippen molar-refractivity contribution >= 4 is 13.7 Å². The minimum atomic E-state index is -4.34. The number of carbonyl (C=O) groups excluding carboxylic acids is 1. The van der Waals surface area contributed by atoms with Gasteiger partial charge in [0.2, 0.25) is 5.91 Å². The van der Waals surface area contributed by atoms with Gasteiger partial charge < -0.3 is 19.3 Å². The average Bonchev–Trinajstić information content (AvgIpc) is 2.58. The zero-order chi connectivity index (χ0) is 19.7. The number of hydrogen-bond acceptors (Lipinski definition) is 5. The lowest BCUT2D eigenvalue weighted by atomic mass is 10.2. The van der Waals surface area contributed by atoms with E-state index in [-0.39, 0.29) is 19.1 Å². The van der Waals surface area contributed by atoms with Crippen LogP contribution in [-0.4, -0.2) is 25.7 Å². The largest absolute Gasteiger partial charge is 0.756 e. The number of unbranched alkanes of at least 4 members (excludes halogenated alkanes) is 3. The van der Waals surface area contributed by atoms with Crippen LogP contribution < -0.4 is 10.2 Å². The molecule has 0 radical (unpaired) electrons. The number of allylic oxidation sites excluding steroid dienone is 1. The Kier molecular flexibility index (Phi) is 14.1. The molecule has 1 N–H and O–H groups in total. The maximum Gasteiger partial charge on any atom is 0.268 e. The van der Waals surface area contributed by atoms with E-state index in [9.17, 15) is 14.3 Å². The van der Waals surface area contributed by atoms with Gasteiger partial charge in [-0.2, -0.15) is 0 Å². The van der Waals surface area contributed by atoms with Crippen LogP contribution in [0.3, 0.4) is 0 Å².